The number of imide groups is 1. The standard InChI is InChI=1S/C45H52FN13O4/c1-28(36-20-32(46)3-5-37(36)59-49-13-14-50-59)63-41-19-30(22-48-43(41)47)31-23-51-57(25-31)33-11-15-54(16-12-33)24-29-9-17-55(18-10-29)35-26-56(27-35)34-4-6-38-40(21-34)53(2)45(62)58(38)39-7-8-42(60)52-44(39)61/h3-6,13-14,19-23,25,28-29,33,35,39H,7-12,15-18,24,26-27H2,1-2H3,(H2,47,48)(H,52,60,61)/t28-,39?/m1/s1. The molecule has 0 spiro atoms. The highest BCUT2D eigenvalue weighted by molar-refractivity contribution is 6.00. The topological polar surface area (TPSA) is 179 Å². The van der Waals surface area contributed by atoms with E-state index in [0.717, 1.165) is 81.0 Å². The normalized spacial score (nSPS) is 20.3. The number of amides is 2. The minimum absolute atomic E-state index is 0.222. The van der Waals surface area contributed by atoms with Crippen molar-refractivity contribution in [1.82, 2.24) is 54.0 Å². The Morgan fingerprint density at radius 2 is 1.65 bits per heavy atom. The highest BCUT2D eigenvalue weighted by Crippen LogP contribution is 2.35. The minimum Gasteiger partial charge on any atom is -0.482 e. The smallest absolute Gasteiger partial charge is 0.329 e. The Balaban J connectivity index is 0.690. The number of carbonyl (C=O) groups excluding carboxylic acids is 2. The lowest BCUT2D eigenvalue weighted by atomic mass is 9.92. The second-order valence-electron chi connectivity index (χ2n) is 17.5. The Labute approximate surface area is 363 Å². The number of aromatic nitrogens is 8. The van der Waals surface area contributed by atoms with E-state index in [1.54, 1.807) is 36.3 Å². The zero-order valence-corrected chi connectivity index (χ0v) is 35.5. The van der Waals surface area contributed by atoms with Crippen molar-refractivity contribution in [1.29, 1.82) is 0 Å². The molecule has 2 aromatic carbocycles. The molecule has 4 aromatic heterocycles. The van der Waals surface area contributed by atoms with Gasteiger partial charge in [-0.3, -0.25) is 33.6 Å². The SMILES string of the molecule is C[C@@H](Oc1cc(-c2cnn(C3CCN(CC4CCN(C5CN(c6ccc7c(c6)n(C)c(=O)n7C6CCC(=O)NC6=O)C5)CC4)CC3)c2)cnc1N)c1cc(F)ccc1-n1nccn1. The number of pyridine rings is 1. The van der Waals surface area contributed by atoms with Gasteiger partial charge in [-0.2, -0.15) is 20.1 Å². The molecule has 10 rings (SSSR count). The Bertz CT molecular complexity index is 2710. The van der Waals surface area contributed by atoms with Crippen LogP contribution in [0.3, 0.4) is 0 Å². The van der Waals surface area contributed by atoms with Crippen LogP contribution in [0.1, 0.15) is 69.2 Å². The van der Waals surface area contributed by atoms with Crippen LogP contribution < -0.4 is 26.4 Å². The fourth-order valence-electron chi connectivity index (χ4n) is 9.93. The first-order chi connectivity index (χ1) is 30.6. The molecule has 4 saturated heterocycles. The molecular formula is C45H52FN13O4. The van der Waals surface area contributed by atoms with Gasteiger partial charge in [-0.25, -0.2) is 14.2 Å². The molecular weight excluding hydrogens is 806 g/mol. The summed E-state index contributed by atoms with van der Waals surface area (Å²) in [7, 11) is 1.74. The number of nitrogens with one attached hydrogen (secondary N) is 1. The van der Waals surface area contributed by atoms with Gasteiger partial charge in [-0.15, -0.1) is 0 Å². The van der Waals surface area contributed by atoms with E-state index in [4.69, 9.17) is 15.6 Å². The van der Waals surface area contributed by atoms with Gasteiger partial charge in [0.15, 0.2) is 11.6 Å². The summed E-state index contributed by atoms with van der Waals surface area (Å²) >= 11 is 0. The van der Waals surface area contributed by atoms with Crippen molar-refractivity contribution in [3.05, 3.63) is 95.3 Å². The first-order valence-corrected chi connectivity index (χ1v) is 21.9. The largest absolute Gasteiger partial charge is 0.482 e. The molecule has 4 fully saturated rings. The third-order valence-corrected chi connectivity index (χ3v) is 13.6. The average Bonchev–Trinajstić information content (AvgIpc) is 4.04. The van der Waals surface area contributed by atoms with Crippen LogP contribution in [0.4, 0.5) is 15.9 Å². The third-order valence-electron chi connectivity index (χ3n) is 13.6. The van der Waals surface area contributed by atoms with Crippen LogP contribution in [-0.2, 0) is 16.6 Å². The van der Waals surface area contributed by atoms with E-state index in [-0.39, 0.29) is 29.7 Å². The average molecular weight is 858 g/mol. The lowest BCUT2D eigenvalue weighted by Crippen LogP contribution is -2.61. The number of nitrogens with zero attached hydrogens (tertiary/aromatic N) is 11. The van der Waals surface area contributed by atoms with E-state index in [1.165, 1.54) is 34.3 Å². The van der Waals surface area contributed by atoms with E-state index in [9.17, 15) is 18.8 Å². The van der Waals surface area contributed by atoms with E-state index in [0.29, 0.717) is 46.9 Å². The number of ether oxygens (including phenoxy) is 1. The van der Waals surface area contributed by atoms with Gasteiger partial charge in [-0.1, -0.05) is 0 Å². The summed E-state index contributed by atoms with van der Waals surface area (Å²) in [5, 5.41) is 15.6. The molecule has 17 nitrogen and oxygen atoms in total. The molecule has 8 heterocycles. The number of imidazole rings is 1. The van der Waals surface area contributed by atoms with Crippen LogP contribution in [0.15, 0.2) is 78.2 Å². The number of aryl methyl sites for hydroxylation is 1. The maximum absolute atomic E-state index is 14.4. The summed E-state index contributed by atoms with van der Waals surface area (Å²) in [5.74, 6) is 0.227. The highest BCUT2D eigenvalue weighted by Gasteiger charge is 2.36. The predicted molar refractivity (Wildman–Crippen MR) is 234 cm³/mol. The number of likely N-dealkylation sites (tertiary alicyclic amines) is 2. The Kier molecular flexibility index (Phi) is 10.8. The lowest BCUT2D eigenvalue weighted by Gasteiger charge is -2.49. The molecule has 0 saturated carbocycles. The summed E-state index contributed by atoms with van der Waals surface area (Å²) < 4.78 is 25.9. The van der Waals surface area contributed by atoms with E-state index >= 15 is 0 Å². The van der Waals surface area contributed by atoms with Gasteiger partial charge in [0, 0.05) is 87.0 Å². The summed E-state index contributed by atoms with van der Waals surface area (Å²) in [6.07, 6.45) is 13.2. The van der Waals surface area contributed by atoms with Gasteiger partial charge in [0.2, 0.25) is 11.8 Å². The van der Waals surface area contributed by atoms with Crippen LogP contribution >= 0.6 is 0 Å². The van der Waals surface area contributed by atoms with Crippen molar-refractivity contribution in [3.63, 3.8) is 0 Å². The fraction of sp³-hybridized carbons (Fsp3) is 0.444. The second-order valence-corrected chi connectivity index (χ2v) is 17.5. The van der Waals surface area contributed by atoms with Gasteiger partial charge in [0.05, 0.1) is 41.4 Å². The number of carbonyl (C=O) groups is 2. The summed E-state index contributed by atoms with van der Waals surface area (Å²) in [6.45, 7) is 9.16. The molecule has 4 aliphatic heterocycles. The first kappa shape index (κ1) is 40.7. The van der Waals surface area contributed by atoms with E-state index in [2.05, 4.69) is 52.1 Å². The molecule has 0 bridgehead atoms. The number of fused-ring (bicyclic) bond motifs is 1. The molecule has 63 heavy (non-hydrogen) atoms. The zero-order valence-electron chi connectivity index (χ0n) is 35.5. The number of anilines is 2. The Hall–Kier alpha value is -6.40. The lowest BCUT2D eigenvalue weighted by molar-refractivity contribution is -0.135. The second kappa shape index (κ2) is 16.7. The summed E-state index contributed by atoms with van der Waals surface area (Å²) in [4.78, 5) is 51.0. The van der Waals surface area contributed by atoms with Crippen molar-refractivity contribution in [2.75, 3.05) is 56.4 Å². The number of benzene rings is 2. The summed E-state index contributed by atoms with van der Waals surface area (Å²) in [5.41, 5.74) is 11.5. The Morgan fingerprint density at radius 1 is 0.873 bits per heavy atom. The molecule has 0 aliphatic carbocycles. The van der Waals surface area contributed by atoms with Gasteiger partial charge in [-0.05, 0) is 100 Å². The number of halogens is 1. The number of hydrogen-bond donors (Lipinski definition) is 2. The molecule has 0 radical (unpaired) electrons. The van der Waals surface area contributed by atoms with Crippen LogP contribution in [0.2, 0.25) is 0 Å². The minimum atomic E-state index is -0.685. The summed E-state index contributed by atoms with van der Waals surface area (Å²) in [6, 6.07) is 12.5. The quantitative estimate of drug-likeness (QED) is 0.177. The maximum Gasteiger partial charge on any atom is 0.329 e. The van der Waals surface area contributed by atoms with Gasteiger partial charge in [0.1, 0.15) is 18.0 Å². The van der Waals surface area contributed by atoms with Crippen LogP contribution in [0, 0.1) is 11.7 Å². The maximum atomic E-state index is 14.4. The first-order valence-electron chi connectivity index (χ1n) is 21.9. The van der Waals surface area contributed by atoms with Gasteiger partial charge >= 0.3 is 5.69 Å². The molecule has 1 unspecified atom stereocenters. The van der Waals surface area contributed by atoms with Crippen molar-refractivity contribution < 1.29 is 18.7 Å². The van der Waals surface area contributed by atoms with Crippen LogP contribution in [-0.4, -0.2) is 112 Å². The molecule has 3 N–H and O–H groups in total. The van der Waals surface area contributed by atoms with Crippen molar-refractivity contribution in [3.8, 4) is 22.6 Å². The molecule has 6 aromatic rings. The Morgan fingerprint density at radius 3 is 2.41 bits per heavy atom. The fourth-order valence-corrected chi connectivity index (χ4v) is 9.93. The monoisotopic (exact) mass is 857 g/mol. The number of nitrogens with two attached hydrogens (primary N) is 1. The van der Waals surface area contributed by atoms with Crippen LogP contribution in [0.25, 0.3) is 27.8 Å². The third kappa shape index (κ3) is 7.97. The number of nitrogen functional groups attached to an aromatic ring is 1. The molecule has 4 aliphatic rings. The zero-order chi connectivity index (χ0) is 43.4. The molecule has 18 heteroatoms. The highest BCUT2D eigenvalue weighted by atomic mass is 19.1. The van der Waals surface area contributed by atoms with Crippen LogP contribution in [0.5, 0.6) is 5.75 Å². The van der Waals surface area contributed by atoms with Crippen molar-refractivity contribution in [2.24, 2.45) is 13.0 Å². The van der Waals surface area contributed by atoms with E-state index < -0.39 is 18.1 Å². The molecule has 328 valence electrons. The van der Waals surface area contributed by atoms with Crippen molar-refractivity contribution in [2.45, 2.75) is 69.7 Å². The van der Waals surface area contributed by atoms with Gasteiger partial charge < -0.3 is 20.3 Å². The molecule has 2 atom stereocenters. The molecule has 2 amide bonds. The predicted octanol–water partition coefficient (Wildman–Crippen LogP) is 4.26. The number of piperidine rings is 3. The number of hydrogen-bond acceptors (Lipinski definition) is 12. The van der Waals surface area contributed by atoms with Crippen molar-refractivity contribution >= 4 is 34.4 Å². The van der Waals surface area contributed by atoms with Gasteiger partial charge in [0.25, 0.3) is 0 Å². The van der Waals surface area contributed by atoms with E-state index in [1.807, 2.05) is 31.3 Å². The number of rotatable bonds is 11.